The molecule has 0 unspecified atom stereocenters. The topological polar surface area (TPSA) is 21.1 Å². The van der Waals surface area contributed by atoms with Gasteiger partial charge in [0.15, 0.2) is 0 Å². The summed E-state index contributed by atoms with van der Waals surface area (Å²) in [5.41, 5.74) is 7.98. The fraction of sp³-hybridized carbons (Fsp3) is 0. The van der Waals surface area contributed by atoms with E-state index in [0.717, 1.165) is 28.4 Å². The molecule has 0 fully saturated rings. The van der Waals surface area contributed by atoms with Gasteiger partial charge in [-0.2, -0.15) is 0 Å². The molecule has 230 valence electrons. The second-order valence-electron chi connectivity index (χ2n) is 12.4. The molecule has 0 bridgehead atoms. The lowest BCUT2D eigenvalue weighted by molar-refractivity contribution is 1.17. The highest BCUT2D eigenvalue weighted by Gasteiger charge is 2.22. The van der Waals surface area contributed by atoms with Crippen molar-refractivity contribution in [2.24, 2.45) is 0 Å². The second-order valence-corrected chi connectivity index (χ2v) is 13.5. The maximum atomic E-state index is 5.17. The average Bonchev–Trinajstić information content (AvgIpc) is 3.72. The van der Waals surface area contributed by atoms with Crippen LogP contribution in [0.25, 0.3) is 69.6 Å². The summed E-state index contributed by atoms with van der Waals surface area (Å²) in [4.78, 5) is 7.51. The Balaban J connectivity index is 1.25. The van der Waals surface area contributed by atoms with Crippen LogP contribution in [0.15, 0.2) is 176 Å². The molecule has 0 N–H and O–H groups in total. The van der Waals surface area contributed by atoms with Gasteiger partial charge in [-0.15, -0.1) is 11.3 Å². The standard InChI is InChI=1S/C45H29N3S/c1-3-11-30(12-4-1)31-19-22-34(23-20-31)47(45-43-39-25-21-32-13-7-8-16-36(32)44(39)49-42(43)27-28-46-45)35-24-26-38-37-17-9-10-18-40(37)48(41(38)29-35)33-14-5-2-6-15-33/h1-29H. The van der Waals surface area contributed by atoms with Gasteiger partial charge in [0, 0.05) is 54.2 Å². The van der Waals surface area contributed by atoms with E-state index in [9.17, 15) is 0 Å². The number of pyridine rings is 1. The Hall–Kier alpha value is -6.23. The normalized spacial score (nSPS) is 11.7. The predicted molar refractivity (Wildman–Crippen MR) is 209 cm³/mol. The van der Waals surface area contributed by atoms with Crippen LogP contribution in [-0.2, 0) is 0 Å². The third-order valence-electron chi connectivity index (χ3n) is 9.63. The lowest BCUT2D eigenvalue weighted by Gasteiger charge is -2.26. The summed E-state index contributed by atoms with van der Waals surface area (Å²) in [6.07, 6.45) is 1.96. The number of hydrogen-bond donors (Lipinski definition) is 0. The first-order chi connectivity index (χ1) is 24.3. The number of rotatable bonds is 5. The van der Waals surface area contributed by atoms with Crippen molar-refractivity contribution in [3.8, 4) is 16.8 Å². The molecule has 3 heterocycles. The molecule has 0 aliphatic carbocycles. The Labute approximate surface area is 287 Å². The zero-order chi connectivity index (χ0) is 32.3. The fourth-order valence-corrected chi connectivity index (χ4v) is 8.61. The van der Waals surface area contributed by atoms with E-state index in [4.69, 9.17) is 4.98 Å². The maximum absolute atomic E-state index is 5.17. The molecule has 4 heteroatoms. The van der Waals surface area contributed by atoms with Crippen LogP contribution >= 0.6 is 11.3 Å². The first kappa shape index (κ1) is 27.8. The van der Waals surface area contributed by atoms with Crippen LogP contribution in [0.4, 0.5) is 17.2 Å². The van der Waals surface area contributed by atoms with Gasteiger partial charge in [-0.05, 0) is 70.4 Å². The van der Waals surface area contributed by atoms with Gasteiger partial charge in [-0.25, -0.2) is 4.98 Å². The average molecular weight is 644 g/mol. The van der Waals surface area contributed by atoms with Crippen molar-refractivity contribution in [2.75, 3.05) is 4.90 Å². The molecule has 0 atom stereocenters. The molecule has 49 heavy (non-hydrogen) atoms. The van der Waals surface area contributed by atoms with Gasteiger partial charge in [0.2, 0.25) is 0 Å². The minimum absolute atomic E-state index is 0.924. The Morgan fingerprint density at radius 2 is 1.14 bits per heavy atom. The van der Waals surface area contributed by atoms with Crippen molar-refractivity contribution in [2.45, 2.75) is 0 Å². The van der Waals surface area contributed by atoms with Crippen LogP contribution in [0.1, 0.15) is 0 Å². The van der Waals surface area contributed by atoms with Crippen LogP contribution in [0.5, 0.6) is 0 Å². The minimum atomic E-state index is 0.924. The number of thiophene rings is 1. The monoisotopic (exact) mass is 643 g/mol. The van der Waals surface area contributed by atoms with Crippen LogP contribution in [0, 0.1) is 0 Å². The zero-order valence-corrected chi connectivity index (χ0v) is 27.3. The quantitative estimate of drug-likeness (QED) is 0.186. The van der Waals surface area contributed by atoms with E-state index in [0.29, 0.717) is 0 Å². The summed E-state index contributed by atoms with van der Waals surface area (Å²) in [7, 11) is 0. The highest BCUT2D eigenvalue weighted by Crippen LogP contribution is 2.46. The Kier molecular flexibility index (Phi) is 6.36. The molecule has 3 aromatic heterocycles. The molecule has 0 radical (unpaired) electrons. The van der Waals surface area contributed by atoms with Crippen LogP contribution in [-0.4, -0.2) is 9.55 Å². The Bertz CT molecular complexity index is 2820. The van der Waals surface area contributed by atoms with Crippen molar-refractivity contribution in [3.63, 3.8) is 0 Å². The van der Waals surface area contributed by atoms with Gasteiger partial charge in [-0.1, -0.05) is 121 Å². The molecule has 0 spiro atoms. The summed E-state index contributed by atoms with van der Waals surface area (Å²) in [5, 5.41) is 7.39. The lowest BCUT2D eigenvalue weighted by atomic mass is 10.0. The van der Waals surface area contributed by atoms with Crippen LogP contribution in [0.2, 0.25) is 0 Å². The molecule has 7 aromatic carbocycles. The molecule has 0 aliphatic heterocycles. The van der Waals surface area contributed by atoms with Gasteiger partial charge in [0.25, 0.3) is 0 Å². The third-order valence-corrected chi connectivity index (χ3v) is 10.8. The zero-order valence-electron chi connectivity index (χ0n) is 26.5. The van der Waals surface area contributed by atoms with E-state index < -0.39 is 0 Å². The molecule has 0 amide bonds. The van der Waals surface area contributed by atoms with Crippen molar-refractivity contribution in [1.82, 2.24) is 9.55 Å². The summed E-state index contributed by atoms with van der Waals surface area (Å²) < 4.78 is 4.90. The fourth-order valence-electron chi connectivity index (χ4n) is 7.38. The molecule has 0 saturated carbocycles. The summed E-state index contributed by atoms with van der Waals surface area (Å²) in [6.45, 7) is 0. The molecular weight excluding hydrogens is 615 g/mol. The van der Waals surface area contributed by atoms with Crippen molar-refractivity contribution < 1.29 is 0 Å². The summed E-state index contributed by atoms with van der Waals surface area (Å²) in [5.74, 6) is 0.924. The SMILES string of the molecule is c1ccc(-c2ccc(N(c3ccc4c5ccccc5n(-c5ccccc5)c4c3)c3nccc4sc5c6ccccc6ccc5c34)cc2)cc1. The van der Waals surface area contributed by atoms with E-state index in [1.807, 2.05) is 17.5 Å². The summed E-state index contributed by atoms with van der Waals surface area (Å²) in [6, 6.07) is 61.0. The first-order valence-corrected chi connectivity index (χ1v) is 17.4. The third kappa shape index (κ3) is 4.46. The smallest absolute Gasteiger partial charge is 0.146 e. The van der Waals surface area contributed by atoms with Gasteiger partial charge in [0.1, 0.15) is 5.82 Å². The highest BCUT2D eigenvalue weighted by molar-refractivity contribution is 7.26. The maximum Gasteiger partial charge on any atom is 0.146 e. The van der Waals surface area contributed by atoms with E-state index in [2.05, 4.69) is 179 Å². The predicted octanol–water partition coefficient (Wildman–Crippen LogP) is 12.8. The highest BCUT2D eigenvalue weighted by atomic mass is 32.1. The van der Waals surface area contributed by atoms with E-state index in [-0.39, 0.29) is 0 Å². The number of anilines is 3. The molecule has 10 aromatic rings. The number of aromatic nitrogens is 2. The van der Waals surface area contributed by atoms with Crippen molar-refractivity contribution in [3.05, 3.63) is 176 Å². The van der Waals surface area contributed by atoms with Crippen molar-refractivity contribution in [1.29, 1.82) is 0 Å². The van der Waals surface area contributed by atoms with Crippen molar-refractivity contribution >= 4 is 81.3 Å². The summed E-state index contributed by atoms with van der Waals surface area (Å²) >= 11 is 1.85. The van der Waals surface area contributed by atoms with Gasteiger partial charge in [-0.3, -0.25) is 4.90 Å². The first-order valence-electron chi connectivity index (χ1n) is 16.5. The number of nitrogens with zero attached hydrogens (tertiary/aromatic N) is 3. The van der Waals surface area contributed by atoms with Gasteiger partial charge < -0.3 is 4.57 Å². The van der Waals surface area contributed by atoms with Crippen LogP contribution in [0.3, 0.4) is 0 Å². The van der Waals surface area contributed by atoms with E-state index >= 15 is 0 Å². The molecule has 0 saturated heterocycles. The molecule has 3 nitrogen and oxygen atoms in total. The minimum Gasteiger partial charge on any atom is -0.309 e. The second kappa shape index (κ2) is 11.2. The molecular formula is C45H29N3S. The Morgan fingerprint density at radius 3 is 1.98 bits per heavy atom. The Morgan fingerprint density at radius 1 is 0.490 bits per heavy atom. The molecule has 10 rings (SSSR count). The van der Waals surface area contributed by atoms with Gasteiger partial charge >= 0.3 is 0 Å². The van der Waals surface area contributed by atoms with Gasteiger partial charge in [0.05, 0.1) is 11.0 Å². The largest absolute Gasteiger partial charge is 0.309 e. The number of fused-ring (bicyclic) bond motifs is 8. The number of hydrogen-bond acceptors (Lipinski definition) is 3. The van der Waals surface area contributed by atoms with E-state index in [1.165, 1.54) is 58.4 Å². The number of benzene rings is 7. The molecule has 0 aliphatic rings. The van der Waals surface area contributed by atoms with E-state index in [1.54, 1.807) is 0 Å². The lowest BCUT2D eigenvalue weighted by Crippen LogP contribution is -2.12. The number of para-hydroxylation sites is 2. The van der Waals surface area contributed by atoms with Crippen LogP contribution < -0.4 is 4.90 Å².